The van der Waals surface area contributed by atoms with Crippen LogP contribution in [0.15, 0.2) is 30.3 Å². The highest BCUT2D eigenvalue weighted by Gasteiger charge is 2.44. The summed E-state index contributed by atoms with van der Waals surface area (Å²) in [6, 6.07) is 9.44. The average Bonchev–Trinajstić information content (AvgIpc) is 2.26. The Morgan fingerprint density at radius 2 is 1.58 bits per heavy atom. The van der Waals surface area contributed by atoms with E-state index in [9.17, 15) is 18.0 Å². The van der Waals surface area contributed by atoms with Crippen molar-refractivity contribution in [2.75, 3.05) is 7.05 Å². The highest BCUT2D eigenvalue weighted by molar-refractivity contribution is 6.75. The zero-order valence-electron chi connectivity index (χ0n) is 11.3. The molecule has 0 spiro atoms. The first-order chi connectivity index (χ1) is 8.46. The predicted octanol–water partition coefficient (Wildman–Crippen LogP) is 4.18. The van der Waals surface area contributed by atoms with Crippen LogP contribution in [-0.4, -0.2) is 31.9 Å². The van der Waals surface area contributed by atoms with Crippen LogP contribution in [0.3, 0.4) is 0 Å². The first kappa shape index (κ1) is 18.0. The van der Waals surface area contributed by atoms with Crippen molar-refractivity contribution in [2.45, 2.75) is 25.8 Å². The molecule has 0 bridgehead atoms. The van der Waals surface area contributed by atoms with Crippen molar-refractivity contribution in [3.05, 3.63) is 35.4 Å². The van der Waals surface area contributed by atoms with Crippen LogP contribution in [0.4, 0.5) is 13.2 Å². The summed E-state index contributed by atoms with van der Waals surface area (Å²) < 4.78 is 36.4. The van der Waals surface area contributed by atoms with E-state index in [0.717, 1.165) is 9.59 Å². The standard InChI is InChI=1S/C6H5Cl.C6H12F3NOSi/c7-6-4-2-1-3-5-6;1-10(12(2,3)4)5(11)6(7,8)9/h1-5H;1-4H3. The third-order valence-corrected chi connectivity index (χ3v) is 4.75. The molecular weight excluding hydrogens is 295 g/mol. The van der Waals surface area contributed by atoms with Crippen LogP contribution in [-0.2, 0) is 4.79 Å². The summed E-state index contributed by atoms with van der Waals surface area (Å²) in [6.45, 7) is 5.03. The first-order valence-corrected chi connectivity index (χ1v) is 9.34. The van der Waals surface area contributed by atoms with E-state index in [1.165, 1.54) is 7.05 Å². The number of halogens is 4. The SMILES string of the molecule is CN(C(=O)C(F)(F)F)[Si](C)(C)C.Clc1ccccc1. The van der Waals surface area contributed by atoms with Crippen molar-refractivity contribution in [1.29, 1.82) is 0 Å². The lowest BCUT2D eigenvalue weighted by atomic mass is 10.4. The van der Waals surface area contributed by atoms with E-state index >= 15 is 0 Å². The van der Waals surface area contributed by atoms with Gasteiger partial charge in [0.15, 0.2) is 8.24 Å². The minimum absolute atomic E-state index is 0.794. The van der Waals surface area contributed by atoms with Gasteiger partial charge in [0, 0.05) is 12.1 Å². The number of alkyl halides is 3. The Kier molecular flexibility index (Phi) is 6.58. The van der Waals surface area contributed by atoms with Gasteiger partial charge in [0.2, 0.25) is 0 Å². The molecule has 2 nitrogen and oxygen atoms in total. The van der Waals surface area contributed by atoms with Gasteiger partial charge in [-0.15, -0.1) is 0 Å². The van der Waals surface area contributed by atoms with Crippen molar-refractivity contribution in [2.24, 2.45) is 0 Å². The molecule has 1 aromatic rings. The van der Waals surface area contributed by atoms with Crippen molar-refractivity contribution in [3.63, 3.8) is 0 Å². The van der Waals surface area contributed by atoms with Crippen molar-refractivity contribution in [1.82, 2.24) is 4.57 Å². The van der Waals surface area contributed by atoms with Gasteiger partial charge in [-0.05, 0) is 12.1 Å². The smallest absolute Gasteiger partial charge is 0.365 e. The fourth-order valence-electron chi connectivity index (χ4n) is 0.909. The Balaban J connectivity index is 0.000000388. The number of carbonyl (C=O) groups is 1. The lowest BCUT2D eigenvalue weighted by Crippen LogP contribution is -2.51. The van der Waals surface area contributed by atoms with E-state index in [4.69, 9.17) is 11.6 Å². The van der Waals surface area contributed by atoms with Gasteiger partial charge in [0.25, 0.3) is 0 Å². The molecule has 0 aliphatic heterocycles. The summed E-state index contributed by atoms with van der Waals surface area (Å²) in [5.41, 5.74) is 0. The molecule has 0 radical (unpaired) electrons. The summed E-state index contributed by atoms with van der Waals surface area (Å²) in [7, 11) is -0.973. The third-order valence-electron chi connectivity index (χ3n) is 2.29. The van der Waals surface area contributed by atoms with Crippen molar-refractivity contribution < 1.29 is 18.0 Å². The van der Waals surface area contributed by atoms with Crippen LogP contribution in [0, 0.1) is 0 Å². The van der Waals surface area contributed by atoms with Gasteiger partial charge in [0.05, 0.1) is 0 Å². The van der Waals surface area contributed by atoms with E-state index < -0.39 is 20.3 Å². The number of hydrogen-bond acceptors (Lipinski definition) is 1. The van der Waals surface area contributed by atoms with Crippen LogP contribution in [0.1, 0.15) is 0 Å². The van der Waals surface area contributed by atoms with Crippen LogP contribution in [0.5, 0.6) is 0 Å². The summed E-state index contributed by atoms with van der Waals surface area (Å²) >= 11 is 5.54. The summed E-state index contributed by atoms with van der Waals surface area (Å²) in [5, 5.41) is 0.794. The van der Waals surface area contributed by atoms with Gasteiger partial charge in [0.1, 0.15) is 0 Å². The normalized spacial score (nSPS) is 11.4. The minimum atomic E-state index is -4.74. The molecule has 0 N–H and O–H groups in total. The average molecular weight is 312 g/mol. The molecule has 1 aromatic carbocycles. The highest BCUT2D eigenvalue weighted by atomic mass is 35.5. The Labute approximate surface area is 117 Å². The third kappa shape index (κ3) is 7.22. The number of rotatable bonds is 1. The molecule has 0 aliphatic carbocycles. The molecule has 0 aliphatic rings. The second-order valence-electron chi connectivity index (χ2n) is 4.83. The fraction of sp³-hybridized carbons (Fsp3) is 0.417. The molecule has 0 saturated carbocycles. The van der Waals surface area contributed by atoms with E-state index in [1.807, 2.05) is 30.3 Å². The molecule has 0 atom stereocenters. The maximum Gasteiger partial charge on any atom is 0.470 e. The number of carbonyl (C=O) groups excluding carboxylic acids is 1. The van der Waals surface area contributed by atoms with Gasteiger partial charge in [-0.1, -0.05) is 49.4 Å². The number of benzene rings is 1. The predicted molar refractivity (Wildman–Crippen MR) is 73.6 cm³/mol. The number of amides is 1. The second-order valence-corrected chi connectivity index (χ2v) is 10.3. The van der Waals surface area contributed by atoms with E-state index in [1.54, 1.807) is 19.6 Å². The first-order valence-electron chi connectivity index (χ1n) is 5.52. The molecule has 108 valence electrons. The molecule has 19 heavy (non-hydrogen) atoms. The maximum atomic E-state index is 11.9. The largest absolute Gasteiger partial charge is 0.470 e. The summed E-state index contributed by atoms with van der Waals surface area (Å²) in [4.78, 5) is 10.6. The van der Waals surface area contributed by atoms with E-state index in [0.29, 0.717) is 0 Å². The van der Waals surface area contributed by atoms with Gasteiger partial charge < -0.3 is 4.57 Å². The number of nitrogens with zero attached hydrogens (tertiary/aromatic N) is 1. The van der Waals surface area contributed by atoms with Crippen LogP contribution in [0.2, 0.25) is 24.7 Å². The number of hydrogen-bond donors (Lipinski definition) is 0. The zero-order chi connectivity index (χ0) is 15.3. The van der Waals surface area contributed by atoms with Crippen LogP contribution in [0.25, 0.3) is 0 Å². The van der Waals surface area contributed by atoms with Gasteiger partial charge in [-0.3, -0.25) is 4.79 Å². The van der Waals surface area contributed by atoms with Crippen LogP contribution < -0.4 is 0 Å². The Hall–Kier alpha value is -1.01. The topological polar surface area (TPSA) is 20.3 Å². The highest BCUT2D eigenvalue weighted by Crippen LogP contribution is 2.20. The van der Waals surface area contributed by atoms with Crippen molar-refractivity contribution in [3.8, 4) is 0 Å². The molecule has 7 heteroatoms. The quantitative estimate of drug-likeness (QED) is 0.712. The van der Waals surface area contributed by atoms with E-state index in [2.05, 4.69) is 0 Å². The molecule has 1 rings (SSSR count). The molecule has 0 fully saturated rings. The zero-order valence-corrected chi connectivity index (χ0v) is 13.0. The monoisotopic (exact) mass is 311 g/mol. The van der Waals surface area contributed by atoms with Gasteiger partial charge >= 0.3 is 12.1 Å². The molecular formula is C12H17ClF3NOSi. The van der Waals surface area contributed by atoms with Gasteiger partial charge in [-0.25, -0.2) is 0 Å². The summed E-state index contributed by atoms with van der Waals surface area (Å²) in [6.07, 6.45) is -4.74. The lowest BCUT2D eigenvalue weighted by Gasteiger charge is -2.30. The molecule has 0 unspecified atom stereocenters. The van der Waals surface area contributed by atoms with Gasteiger partial charge in [-0.2, -0.15) is 13.2 Å². The van der Waals surface area contributed by atoms with E-state index in [-0.39, 0.29) is 0 Å². The Morgan fingerprint density at radius 3 is 1.74 bits per heavy atom. The Morgan fingerprint density at radius 1 is 1.16 bits per heavy atom. The van der Waals surface area contributed by atoms with Crippen molar-refractivity contribution >= 4 is 25.7 Å². The maximum absolute atomic E-state index is 11.9. The minimum Gasteiger partial charge on any atom is -0.365 e. The van der Waals surface area contributed by atoms with Crippen LogP contribution >= 0.6 is 11.6 Å². The second kappa shape index (κ2) is 6.95. The molecule has 1 amide bonds. The molecule has 0 heterocycles. The Bertz CT molecular complexity index is 404. The lowest BCUT2D eigenvalue weighted by molar-refractivity contribution is -0.179. The fourth-order valence-corrected chi connectivity index (χ4v) is 1.79. The molecule has 0 saturated heterocycles. The molecule has 0 aromatic heterocycles. The summed E-state index contributed by atoms with van der Waals surface area (Å²) in [5.74, 6) is -1.75.